The van der Waals surface area contributed by atoms with Crippen molar-refractivity contribution in [3.8, 4) is 22.6 Å². The maximum absolute atomic E-state index is 12.3. The summed E-state index contributed by atoms with van der Waals surface area (Å²) in [6.07, 6.45) is 0. The Morgan fingerprint density at radius 2 is 1.23 bits per heavy atom. The number of carbonyl (C=O) groups is 3. The number of benzene rings is 3. The van der Waals surface area contributed by atoms with Crippen molar-refractivity contribution in [1.29, 1.82) is 0 Å². The van der Waals surface area contributed by atoms with Crippen molar-refractivity contribution >= 4 is 17.7 Å². The molecule has 3 rings (SSSR count). The maximum Gasteiger partial charge on any atom is 0.338 e. The van der Waals surface area contributed by atoms with E-state index in [1.165, 1.54) is 6.92 Å². The van der Waals surface area contributed by atoms with Crippen LogP contribution in [0.1, 0.15) is 34.6 Å². The molecule has 3 aromatic rings. The Balaban J connectivity index is 1.57. The fourth-order valence-electron chi connectivity index (χ4n) is 2.88. The average molecular weight is 418 g/mol. The van der Waals surface area contributed by atoms with E-state index in [2.05, 4.69) is 0 Å². The molecule has 0 saturated heterocycles. The van der Waals surface area contributed by atoms with E-state index in [0.717, 1.165) is 11.1 Å². The molecular formula is C25H22O6. The van der Waals surface area contributed by atoms with E-state index in [4.69, 9.17) is 14.2 Å². The van der Waals surface area contributed by atoms with Crippen molar-refractivity contribution in [2.24, 2.45) is 0 Å². The first kappa shape index (κ1) is 21.8. The first-order valence-electron chi connectivity index (χ1n) is 9.78. The van der Waals surface area contributed by atoms with Crippen molar-refractivity contribution in [3.63, 3.8) is 0 Å². The van der Waals surface area contributed by atoms with Gasteiger partial charge in [-0.2, -0.15) is 0 Å². The quantitative estimate of drug-likeness (QED) is 0.299. The molecule has 0 fully saturated rings. The monoisotopic (exact) mass is 418 g/mol. The Bertz CT molecular complexity index is 1050. The summed E-state index contributed by atoms with van der Waals surface area (Å²) in [5.41, 5.74) is 2.58. The minimum Gasteiger partial charge on any atom is -0.494 e. The fourth-order valence-corrected chi connectivity index (χ4v) is 2.88. The first-order chi connectivity index (χ1) is 15.0. The topological polar surface area (TPSA) is 78.9 Å². The minimum atomic E-state index is -0.573. The molecule has 0 bridgehead atoms. The molecule has 0 aromatic heterocycles. The van der Waals surface area contributed by atoms with E-state index in [1.54, 1.807) is 60.7 Å². The third kappa shape index (κ3) is 6.02. The highest BCUT2D eigenvalue weighted by molar-refractivity contribution is 5.99. The molecule has 0 spiro atoms. The van der Waals surface area contributed by atoms with E-state index >= 15 is 0 Å². The summed E-state index contributed by atoms with van der Waals surface area (Å²) in [4.78, 5) is 35.5. The number of ether oxygens (including phenoxy) is 3. The highest BCUT2D eigenvalue weighted by Crippen LogP contribution is 2.23. The molecule has 0 radical (unpaired) electrons. The van der Waals surface area contributed by atoms with Crippen LogP contribution in [-0.4, -0.2) is 30.9 Å². The first-order valence-corrected chi connectivity index (χ1v) is 9.78. The predicted octanol–water partition coefficient (Wildman–Crippen LogP) is 4.72. The minimum absolute atomic E-state index is 0.291. The van der Waals surface area contributed by atoms with Crippen LogP contribution < -0.4 is 9.47 Å². The number of Topliss-reactive ketones (excluding diaryl/α,β-unsaturated/α-hetero) is 1. The van der Waals surface area contributed by atoms with Gasteiger partial charge in [-0.05, 0) is 66.6 Å². The molecule has 0 aliphatic heterocycles. The van der Waals surface area contributed by atoms with Crippen LogP contribution in [0.3, 0.4) is 0 Å². The molecule has 0 aliphatic carbocycles. The van der Waals surface area contributed by atoms with Crippen molar-refractivity contribution in [2.45, 2.75) is 13.8 Å². The standard InChI is InChI=1S/C25H22O6/c1-3-29-22-12-10-20(11-13-22)24(27)16-30-25(28)21-6-4-18(5-7-21)19-8-14-23(15-9-19)31-17(2)26/h4-15H,3,16H2,1-2H3. The van der Waals surface area contributed by atoms with Gasteiger partial charge in [0.15, 0.2) is 12.4 Å². The van der Waals surface area contributed by atoms with Gasteiger partial charge in [0.1, 0.15) is 11.5 Å². The molecule has 158 valence electrons. The van der Waals surface area contributed by atoms with Gasteiger partial charge >= 0.3 is 11.9 Å². The molecular weight excluding hydrogens is 396 g/mol. The second kappa shape index (κ2) is 10.2. The summed E-state index contributed by atoms with van der Waals surface area (Å²) in [7, 11) is 0. The van der Waals surface area contributed by atoms with Gasteiger partial charge in [-0.25, -0.2) is 4.79 Å². The molecule has 0 atom stereocenters. The Labute approximate surface area is 180 Å². The third-order valence-corrected chi connectivity index (χ3v) is 4.39. The van der Waals surface area contributed by atoms with Gasteiger partial charge < -0.3 is 14.2 Å². The number of carbonyl (C=O) groups excluding carboxylic acids is 3. The van der Waals surface area contributed by atoms with Gasteiger partial charge in [-0.1, -0.05) is 24.3 Å². The summed E-state index contributed by atoms with van der Waals surface area (Å²) in [6.45, 7) is 3.43. The summed E-state index contributed by atoms with van der Waals surface area (Å²) >= 11 is 0. The molecule has 0 amide bonds. The van der Waals surface area contributed by atoms with Crippen LogP contribution in [0.15, 0.2) is 72.8 Å². The molecule has 31 heavy (non-hydrogen) atoms. The molecule has 0 aliphatic rings. The zero-order valence-corrected chi connectivity index (χ0v) is 17.3. The lowest BCUT2D eigenvalue weighted by Gasteiger charge is -2.07. The van der Waals surface area contributed by atoms with Gasteiger partial charge in [0.2, 0.25) is 0 Å². The highest BCUT2D eigenvalue weighted by Gasteiger charge is 2.12. The molecule has 0 N–H and O–H groups in total. The zero-order valence-electron chi connectivity index (χ0n) is 17.3. The van der Waals surface area contributed by atoms with Gasteiger partial charge in [-0.15, -0.1) is 0 Å². The van der Waals surface area contributed by atoms with Crippen LogP contribution >= 0.6 is 0 Å². The second-order valence-electron chi connectivity index (χ2n) is 6.65. The summed E-state index contributed by atoms with van der Waals surface area (Å²) in [5.74, 6) is -0.0978. The lowest BCUT2D eigenvalue weighted by Crippen LogP contribution is -2.14. The van der Waals surface area contributed by atoms with Crippen LogP contribution in [0.4, 0.5) is 0 Å². The fraction of sp³-hybridized carbons (Fsp3) is 0.160. The Morgan fingerprint density at radius 3 is 1.77 bits per heavy atom. The normalized spacial score (nSPS) is 10.3. The third-order valence-electron chi connectivity index (χ3n) is 4.39. The van der Waals surface area contributed by atoms with E-state index in [0.29, 0.717) is 29.2 Å². The Hall–Kier alpha value is -3.93. The van der Waals surface area contributed by atoms with Gasteiger partial charge in [-0.3, -0.25) is 9.59 Å². The van der Waals surface area contributed by atoms with Crippen LogP contribution in [0.25, 0.3) is 11.1 Å². The van der Waals surface area contributed by atoms with Crippen molar-refractivity contribution in [2.75, 3.05) is 13.2 Å². The molecule has 3 aromatic carbocycles. The molecule has 6 nitrogen and oxygen atoms in total. The van der Waals surface area contributed by atoms with Crippen molar-refractivity contribution in [1.82, 2.24) is 0 Å². The zero-order chi connectivity index (χ0) is 22.2. The van der Waals surface area contributed by atoms with Crippen molar-refractivity contribution < 1.29 is 28.6 Å². The number of ketones is 1. The molecule has 0 heterocycles. The number of hydrogen-bond acceptors (Lipinski definition) is 6. The average Bonchev–Trinajstić information content (AvgIpc) is 2.78. The number of esters is 2. The van der Waals surface area contributed by atoms with Crippen LogP contribution in [0.2, 0.25) is 0 Å². The summed E-state index contributed by atoms with van der Waals surface area (Å²) in [5, 5.41) is 0. The Kier molecular flexibility index (Phi) is 7.17. The summed E-state index contributed by atoms with van der Waals surface area (Å²) < 4.78 is 15.5. The number of hydrogen-bond donors (Lipinski definition) is 0. The van der Waals surface area contributed by atoms with Crippen LogP contribution in [0, 0.1) is 0 Å². The van der Waals surface area contributed by atoms with Crippen molar-refractivity contribution in [3.05, 3.63) is 83.9 Å². The van der Waals surface area contributed by atoms with Gasteiger partial charge in [0, 0.05) is 12.5 Å². The number of rotatable bonds is 8. The largest absolute Gasteiger partial charge is 0.494 e. The lowest BCUT2D eigenvalue weighted by atomic mass is 10.0. The van der Waals surface area contributed by atoms with Gasteiger partial charge in [0.05, 0.1) is 12.2 Å². The maximum atomic E-state index is 12.3. The summed E-state index contributed by atoms with van der Waals surface area (Å²) in [6, 6.07) is 20.6. The highest BCUT2D eigenvalue weighted by atomic mass is 16.5. The van der Waals surface area contributed by atoms with E-state index in [9.17, 15) is 14.4 Å². The molecule has 6 heteroatoms. The molecule has 0 unspecified atom stereocenters. The van der Waals surface area contributed by atoms with Crippen LogP contribution in [0.5, 0.6) is 11.5 Å². The van der Waals surface area contributed by atoms with Crippen LogP contribution in [-0.2, 0) is 9.53 Å². The smallest absolute Gasteiger partial charge is 0.338 e. The predicted molar refractivity (Wildman–Crippen MR) is 115 cm³/mol. The van der Waals surface area contributed by atoms with E-state index in [-0.39, 0.29) is 18.4 Å². The Morgan fingerprint density at radius 1 is 0.710 bits per heavy atom. The molecule has 0 saturated carbocycles. The second-order valence-corrected chi connectivity index (χ2v) is 6.65. The van der Waals surface area contributed by atoms with Gasteiger partial charge in [0.25, 0.3) is 0 Å². The SMILES string of the molecule is CCOc1ccc(C(=O)COC(=O)c2ccc(-c3ccc(OC(C)=O)cc3)cc2)cc1. The van der Waals surface area contributed by atoms with E-state index in [1.807, 2.05) is 19.1 Å². The van der Waals surface area contributed by atoms with E-state index < -0.39 is 5.97 Å². The lowest BCUT2D eigenvalue weighted by molar-refractivity contribution is -0.131.